The number of carboxylic acid groups (broad SMARTS) is 1. The molecule has 16 heavy (non-hydrogen) atoms. The summed E-state index contributed by atoms with van der Waals surface area (Å²) in [6.45, 7) is 5.99. The number of hydrogen-bond acceptors (Lipinski definition) is 3. The number of carbonyl (C=O) groups is 1. The van der Waals surface area contributed by atoms with Crippen molar-refractivity contribution in [1.29, 1.82) is 0 Å². The predicted molar refractivity (Wildman–Crippen MR) is 65.3 cm³/mol. The van der Waals surface area contributed by atoms with E-state index in [-0.39, 0.29) is 5.92 Å². The van der Waals surface area contributed by atoms with Gasteiger partial charge in [-0.1, -0.05) is 13.0 Å². The van der Waals surface area contributed by atoms with Gasteiger partial charge in [-0.2, -0.15) is 0 Å². The van der Waals surface area contributed by atoms with Gasteiger partial charge < -0.3 is 16.6 Å². The smallest absolute Gasteiger partial charge is 0.320 e. The maximum absolute atomic E-state index is 10.6. The Morgan fingerprint density at radius 2 is 2.25 bits per heavy atom. The summed E-state index contributed by atoms with van der Waals surface area (Å²) < 4.78 is 0. The van der Waals surface area contributed by atoms with Gasteiger partial charge in [-0.3, -0.25) is 9.79 Å². The minimum atomic E-state index is -0.956. The van der Waals surface area contributed by atoms with Gasteiger partial charge in [0.25, 0.3) is 0 Å². The summed E-state index contributed by atoms with van der Waals surface area (Å²) in [6, 6.07) is -0.797. The number of nitrogens with two attached hydrogens (primary N) is 2. The Morgan fingerprint density at radius 3 is 2.75 bits per heavy atom. The summed E-state index contributed by atoms with van der Waals surface area (Å²) in [5.41, 5.74) is 11.0. The van der Waals surface area contributed by atoms with Crippen LogP contribution in [0.4, 0.5) is 0 Å². The molecule has 0 saturated heterocycles. The molecule has 5 N–H and O–H groups in total. The van der Waals surface area contributed by atoms with Crippen LogP contribution in [0.15, 0.2) is 17.6 Å². The molecule has 0 aliphatic carbocycles. The Labute approximate surface area is 96.2 Å². The summed E-state index contributed by atoms with van der Waals surface area (Å²) >= 11 is 0. The van der Waals surface area contributed by atoms with Crippen LogP contribution < -0.4 is 11.5 Å². The van der Waals surface area contributed by atoms with Crippen LogP contribution in [0.1, 0.15) is 26.2 Å². The van der Waals surface area contributed by atoms with E-state index >= 15 is 0 Å². The lowest BCUT2D eigenvalue weighted by atomic mass is 9.97. The number of aliphatic carboxylic acids is 1. The maximum atomic E-state index is 10.6. The lowest BCUT2D eigenvalue weighted by Crippen LogP contribution is -2.36. The number of nitrogens with zero attached hydrogens (tertiary/aromatic N) is 1. The molecule has 0 saturated carbocycles. The fraction of sp³-hybridized carbons (Fsp3) is 0.636. The SMILES string of the molecule is C=CCC(N)=NCCC[C@@H](C)[C@H](N)C(=O)O. The summed E-state index contributed by atoms with van der Waals surface area (Å²) in [4.78, 5) is 14.7. The van der Waals surface area contributed by atoms with E-state index in [1.807, 2.05) is 6.92 Å². The van der Waals surface area contributed by atoms with E-state index in [0.29, 0.717) is 18.8 Å². The van der Waals surface area contributed by atoms with Crippen molar-refractivity contribution in [1.82, 2.24) is 0 Å². The van der Waals surface area contributed by atoms with Gasteiger partial charge in [0.2, 0.25) is 0 Å². The van der Waals surface area contributed by atoms with E-state index < -0.39 is 12.0 Å². The third-order valence-corrected chi connectivity index (χ3v) is 2.38. The van der Waals surface area contributed by atoms with Crippen LogP contribution in [0, 0.1) is 5.92 Å². The lowest BCUT2D eigenvalue weighted by molar-refractivity contribution is -0.139. The van der Waals surface area contributed by atoms with Gasteiger partial charge in [0.05, 0.1) is 5.84 Å². The van der Waals surface area contributed by atoms with E-state index in [4.69, 9.17) is 16.6 Å². The van der Waals surface area contributed by atoms with Crippen LogP contribution in [0.5, 0.6) is 0 Å². The van der Waals surface area contributed by atoms with Crippen LogP contribution >= 0.6 is 0 Å². The Bertz CT molecular complexity index is 264. The average Bonchev–Trinajstić information content (AvgIpc) is 2.23. The molecule has 0 aromatic carbocycles. The third kappa shape index (κ3) is 6.19. The number of carboxylic acids is 1. The first-order valence-corrected chi connectivity index (χ1v) is 5.37. The van der Waals surface area contributed by atoms with Crippen LogP contribution in [0.2, 0.25) is 0 Å². The second kappa shape index (κ2) is 7.87. The number of rotatable bonds is 8. The Balaban J connectivity index is 3.78. The van der Waals surface area contributed by atoms with Crippen molar-refractivity contribution in [2.75, 3.05) is 6.54 Å². The highest BCUT2D eigenvalue weighted by molar-refractivity contribution is 5.81. The highest BCUT2D eigenvalue weighted by atomic mass is 16.4. The Kier molecular flexibility index (Phi) is 7.20. The molecule has 0 fully saturated rings. The molecule has 0 aliphatic heterocycles. The molecule has 5 heteroatoms. The molecule has 0 heterocycles. The van der Waals surface area contributed by atoms with Gasteiger partial charge >= 0.3 is 5.97 Å². The summed E-state index contributed by atoms with van der Waals surface area (Å²) in [5, 5.41) is 8.68. The number of amidine groups is 1. The van der Waals surface area contributed by atoms with Gasteiger partial charge in [-0.15, -0.1) is 6.58 Å². The molecule has 92 valence electrons. The van der Waals surface area contributed by atoms with Crippen LogP contribution in [0.3, 0.4) is 0 Å². The normalized spacial score (nSPS) is 15.5. The van der Waals surface area contributed by atoms with Gasteiger partial charge in [0, 0.05) is 13.0 Å². The molecule has 5 nitrogen and oxygen atoms in total. The van der Waals surface area contributed by atoms with Crippen molar-refractivity contribution in [3.05, 3.63) is 12.7 Å². The zero-order valence-corrected chi connectivity index (χ0v) is 9.72. The Hall–Kier alpha value is -1.36. The van der Waals surface area contributed by atoms with E-state index in [0.717, 1.165) is 12.8 Å². The molecule has 0 radical (unpaired) electrons. The molecule has 0 amide bonds. The summed E-state index contributed by atoms with van der Waals surface area (Å²) in [5.74, 6) is -0.444. The molecular formula is C11H21N3O2. The predicted octanol–water partition coefficient (Wildman–Crippen LogP) is 0.748. The van der Waals surface area contributed by atoms with E-state index in [9.17, 15) is 4.79 Å². The van der Waals surface area contributed by atoms with Crippen molar-refractivity contribution >= 4 is 11.8 Å². The van der Waals surface area contributed by atoms with Gasteiger partial charge in [0.15, 0.2) is 0 Å². The molecule has 0 aromatic heterocycles. The average molecular weight is 227 g/mol. The van der Waals surface area contributed by atoms with Crippen molar-refractivity contribution in [3.8, 4) is 0 Å². The van der Waals surface area contributed by atoms with Crippen molar-refractivity contribution in [2.24, 2.45) is 22.4 Å². The molecule has 0 aromatic rings. The minimum absolute atomic E-state index is 0.0478. The number of aliphatic imine (C=N–C) groups is 1. The molecule has 0 rings (SSSR count). The van der Waals surface area contributed by atoms with E-state index in [1.165, 1.54) is 0 Å². The van der Waals surface area contributed by atoms with E-state index in [2.05, 4.69) is 11.6 Å². The second-order valence-electron chi connectivity index (χ2n) is 3.85. The Morgan fingerprint density at radius 1 is 1.62 bits per heavy atom. The van der Waals surface area contributed by atoms with E-state index in [1.54, 1.807) is 6.08 Å². The van der Waals surface area contributed by atoms with Crippen molar-refractivity contribution in [2.45, 2.75) is 32.2 Å². The fourth-order valence-corrected chi connectivity index (χ4v) is 1.27. The van der Waals surface area contributed by atoms with Gasteiger partial charge in [0.1, 0.15) is 6.04 Å². The summed E-state index contributed by atoms with van der Waals surface area (Å²) in [7, 11) is 0. The van der Waals surface area contributed by atoms with Crippen molar-refractivity contribution in [3.63, 3.8) is 0 Å². The van der Waals surface area contributed by atoms with Gasteiger partial charge in [-0.05, 0) is 18.8 Å². The molecule has 0 spiro atoms. The van der Waals surface area contributed by atoms with Crippen LogP contribution in [-0.4, -0.2) is 29.5 Å². The zero-order valence-electron chi connectivity index (χ0n) is 9.72. The highest BCUT2D eigenvalue weighted by Crippen LogP contribution is 2.09. The standard InChI is InChI=1S/C11H21N3O2/c1-3-5-9(12)14-7-4-6-8(2)10(13)11(15)16/h3,8,10H,1,4-7,13H2,2H3,(H2,12,14)(H,15,16)/t8-,10+/m1/s1. The molecule has 0 aliphatic rings. The first kappa shape index (κ1) is 14.6. The van der Waals surface area contributed by atoms with Gasteiger partial charge in [-0.25, -0.2) is 0 Å². The zero-order chi connectivity index (χ0) is 12.6. The first-order chi connectivity index (χ1) is 7.49. The highest BCUT2D eigenvalue weighted by Gasteiger charge is 2.18. The largest absolute Gasteiger partial charge is 0.480 e. The van der Waals surface area contributed by atoms with Crippen LogP contribution in [0.25, 0.3) is 0 Å². The third-order valence-electron chi connectivity index (χ3n) is 2.38. The fourth-order valence-electron chi connectivity index (χ4n) is 1.27. The summed E-state index contributed by atoms with van der Waals surface area (Å²) in [6.07, 6.45) is 3.81. The first-order valence-electron chi connectivity index (χ1n) is 5.37. The molecular weight excluding hydrogens is 206 g/mol. The van der Waals surface area contributed by atoms with Crippen molar-refractivity contribution < 1.29 is 9.90 Å². The monoisotopic (exact) mass is 227 g/mol. The van der Waals surface area contributed by atoms with Crippen LogP contribution in [-0.2, 0) is 4.79 Å². The minimum Gasteiger partial charge on any atom is -0.480 e. The molecule has 0 unspecified atom stereocenters. The topological polar surface area (TPSA) is 102 Å². The quantitative estimate of drug-likeness (QED) is 0.246. The lowest BCUT2D eigenvalue weighted by Gasteiger charge is -2.14. The number of hydrogen-bond donors (Lipinski definition) is 3. The maximum Gasteiger partial charge on any atom is 0.320 e. The second-order valence-corrected chi connectivity index (χ2v) is 3.85. The molecule has 2 atom stereocenters. The molecule has 0 bridgehead atoms.